The van der Waals surface area contributed by atoms with E-state index in [0.29, 0.717) is 22.2 Å². The summed E-state index contributed by atoms with van der Waals surface area (Å²) in [6, 6.07) is 1.64. The van der Waals surface area contributed by atoms with Crippen molar-refractivity contribution < 1.29 is 9.53 Å². The van der Waals surface area contributed by atoms with E-state index in [1.807, 2.05) is 0 Å². The molecule has 0 saturated heterocycles. The van der Waals surface area contributed by atoms with Crippen molar-refractivity contribution in [2.24, 2.45) is 0 Å². The molecule has 0 bridgehead atoms. The van der Waals surface area contributed by atoms with Crippen LogP contribution in [0.25, 0.3) is 0 Å². The number of ether oxygens (including phenoxy) is 1. The lowest BCUT2D eigenvalue weighted by Gasteiger charge is -2.01. The zero-order valence-corrected chi connectivity index (χ0v) is 7.46. The van der Waals surface area contributed by atoms with Gasteiger partial charge in [-0.3, -0.25) is 4.79 Å². The van der Waals surface area contributed by atoms with E-state index in [0.717, 1.165) is 0 Å². The first kappa shape index (κ1) is 8.20. The predicted octanol–water partition coefficient (Wildman–Crippen LogP) is 1.67. The molecule has 0 radical (unpaired) electrons. The summed E-state index contributed by atoms with van der Waals surface area (Å²) >= 11 is 3.16. The van der Waals surface area contributed by atoms with Crippen LogP contribution in [0.15, 0.2) is 16.9 Å². The van der Waals surface area contributed by atoms with Crippen molar-refractivity contribution in [1.82, 2.24) is 4.98 Å². The molecule has 0 N–H and O–H groups in total. The molecule has 3 nitrogen and oxygen atoms in total. The fourth-order valence-electron chi connectivity index (χ4n) is 0.689. The van der Waals surface area contributed by atoms with Crippen LogP contribution in [-0.4, -0.2) is 18.4 Å². The minimum atomic E-state index is 0.454. The van der Waals surface area contributed by atoms with Crippen LogP contribution in [0, 0.1) is 0 Å². The van der Waals surface area contributed by atoms with Crippen LogP contribution in [0.1, 0.15) is 10.4 Å². The number of carbonyl (C=O) groups excluding carboxylic acids is 1. The normalized spacial score (nSPS) is 9.27. The van der Waals surface area contributed by atoms with E-state index in [2.05, 4.69) is 20.9 Å². The van der Waals surface area contributed by atoms with Gasteiger partial charge < -0.3 is 4.74 Å². The van der Waals surface area contributed by atoms with Gasteiger partial charge in [0, 0.05) is 12.3 Å². The van der Waals surface area contributed by atoms with E-state index >= 15 is 0 Å². The monoisotopic (exact) mass is 215 g/mol. The third-order valence-corrected chi connectivity index (χ3v) is 1.64. The molecule has 1 heterocycles. The van der Waals surface area contributed by atoms with Crippen molar-refractivity contribution in [2.75, 3.05) is 7.11 Å². The molecule has 0 saturated carbocycles. The second kappa shape index (κ2) is 3.48. The number of aldehydes is 1. The molecule has 1 aromatic rings. The molecule has 4 heteroatoms. The number of rotatable bonds is 2. The van der Waals surface area contributed by atoms with E-state index in [1.54, 1.807) is 6.07 Å². The van der Waals surface area contributed by atoms with E-state index < -0.39 is 0 Å². The number of nitrogens with zero attached hydrogens (tertiary/aromatic N) is 1. The van der Waals surface area contributed by atoms with Crippen molar-refractivity contribution in [3.05, 3.63) is 22.4 Å². The number of hydrogen-bond donors (Lipinski definition) is 0. The van der Waals surface area contributed by atoms with Crippen LogP contribution in [0.4, 0.5) is 0 Å². The molecule has 1 rings (SSSR count). The molecule has 0 spiro atoms. The van der Waals surface area contributed by atoms with Crippen LogP contribution < -0.4 is 4.74 Å². The quantitative estimate of drug-likeness (QED) is 0.557. The molecule has 0 aliphatic heterocycles. The zero-order chi connectivity index (χ0) is 8.27. The summed E-state index contributed by atoms with van der Waals surface area (Å²) < 4.78 is 5.57. The Morgan fingerprint density at radius 2 is 2.45 bits per heavy atom. The molecular weight excluding hydrogens is 210 g/mol. The lowest BCUT2D eigenvalue weighted by Crippen LogP contribution is -1.91. The van der Waals surface area contributed by atoms with Gasteiger partial charge in [-0.15, -0.1) is 0 Å². The minimum absolute atomic E-state index is 0.454. The summed E-state index contributed by atoms with van der Waals surface area (Å²) in [5, 5.41) is 0. The molecule has 0 aliphatic rings. The molecular formula is C7H6BrNO2. The Morgan fingerprint density at radius 1 is 1.73 bits per heavy atom. The number of aromatic nitrogens is 1. The van der Waals surface area contributed by atoms with E-state index in [9.17, 15) is 4.79 Å². The SMILES string of the molecule is COc1cc(Br)ncc1C=O. The molecule has 11 heavy (non-hydrogen) atoms. The molecule has 0 amide bonds. The fraction of sp³-hybridized carbons (Fsp3) is 0.143. The number of pyridine rings is 1. The highest BCUT2D eigenvalue weighted by Gasteiger charge is 2.01. The van der Waals surface area contributed by atoms with Gasteiger partial charge in [0.05, 0.1) is 12.7 Å². The Kier molecular flexibility index (Phi) is 2.59. The largest absolute Gasteiger partial charge is 0.496 e. The average molecular weight is 216 g/mol. The second-order valence-electron chi connectivity index (χ2n) is 1.87. The summed E-state index contributed by atoms with van der Waals surface area (Å²) in [5.41, 5.74) is 0.454. The van der Waals surface area contributed by atoms with Gasteiger partial charge in [-0.1, -0.05) is 0 Å². The van der Waals surface area contributed by atoms with Gasteiger partial charge in [-0.25, -0.2) is 4.98 Å². The lowest BCUT2D eigenvalue weighted by atomic mass is 10.3. The maximum atomic E-state index is 10.4. The maximum Gasteiger partial charge on any atom is 0.155 e. The van der Waals surface area contributed by atoms with Crippen LogP contribution >= 0.6 is 15.9 Å². The highest BCUT2D eigenvalue weighted by Crippen LogP contribution is 2.18. The maximum absolute atomic E-state index is 10.4. The molecule has 1 aromatic heterocycles. The summed E-state index contributed by atoms with van der Waals surface area (Å²) in [7, 11) is 1.51. The van der Waals surface area contributed by atoms with Gasteiger partial charge in [0.15, 0.2) is 6.29 Å². The van der Waals surface area contributed by atoms with Gasteiger partial charge in [-0.05, 0) is 15.9 Å². The first-order valence-corrected chi connectivity index (χ1v) is 3.72. The van der Waals surface area contributed by atoms with E-state index in [4.69, 9.17) is 4.74 Å². The number of halogens is 1. The van der Waals surface area contributed by atoms with Crippen molar-refractivity contribution in [3.63, 3.8) is 0 Å². The Hall–Kier alpha value is -0.900. The summed E-state index contributed by atoms with van der Waals surface area (Å²) in [6.45, 7) is 0. The Balaban J connectivity index is 3.16. The van der Waals surface area contributed by atoms with Gasteiger partial charge in [-0.2, -0.15) is 0 Å². The van der Waals surface area contributed by atoms with Crippen molar-refractivity contribution in [1.29, 1.82) is 0 Å². The number of methoxy groups -OCH3 is 1. The average Bonchev–Trinajstić information content (AvgIpc) is 2.04. The van der Waals surface area contributed by atoms with Gasteiger partial charge in [0.25, 0.3) is 0 Å². The first-order chi connectivity index (χ1) is 5.27. The third-order valence-electron chi connectivity index (χ3n) is 1.21. The van der Waals surface area contributed by atoms with E-state index in [-0.39, 0.29) is 0 Å². The fourth-order valence-corrected chi connectivity index (χ4v) is 0.999. The summed E-state index contributed by atoms with van der Waals surface area (Å²) in [4.78, 5) is 14.2. The number of hydrogen-bond acceptors (Lipinski definition) is 3. The van der Waals surface area contributed by atoms with Gasteiger partial charge >= 0.3 is 0 Å². The standard InChI is InChI=1S/C7H6BrNO2/c1-11-6-2-7(8)9-3-5(6)4-10/h2-4H,1H3. The minimum Gasteiger partial charge on any atom is -0.496 e. The van der Waals surface area contributed by atoms with Crippen LogP contribution in [0.3, 0.4) is 0 Å². The van der Waals surface area contributed by atoms with Crippen molar-refractivity contribution in [3.8, 4) is 5.75 Å². The van der Waals surface area contributed by atoms with Gasteiger partial charge in [0.2, 0.25) is 0 Å². The molecule has 0 atom stereocenters. The summed E-state index contributed by atoms with van der Waals surface area (Å²) in [5.74, 6) is 0.530. The Labute approximate surface area is 72.5 Å². The lowest BCUT2D eigenvalue weighted by molar-refractivity contribution is 0.112. The smallest absolute Gasteiger partial charge is 0.155 e. The topological polar surface area (TPSA) is 39.2 Å². The summed E-state index contributed by atoms with van der Waals surface area (Å²) in [6.07, 6.45) is 2.16. The van der Waals surface area contributed by atoms with E-state index in [1.165, 1.54) is 13.3 Å². The molecule has 0 unspecified atom stereocenters. The highest BCUT2D eigenvalue weighted by molar-refractivity contribution is 9.10. The third kappa shape index (κ3) is 1.77. The van der Waals surface area contributed by atoms with Crippen molar-refractivity contribution in [2.45, 2.75) is 0 Å². The Bertz CT molecular complexity index is 275. The predicted molar refractivity (Wildman–Crippen MR) is 43.9 cm³/mol. The van der Waals surface area contributed by atoms with Crippen LogP contribution in [-0.2, 0) is 0 Å². The van der Waals surface area contributed by atoms with Gasteiger partial charge in [0.1, 0.15) is 10.4 Å². The van der Waals surface area contributed by atoms with Crippen LogP contribution in [0.5, 0.6) is 5.75 Å². The van der Waals surface area contributed by atoms with Crippen LogP contribution in [0.2, 0.25) is 0 Å². The second-order valence-corrected chi connectivity index (χ2v) is 2.68. The molecule has 58 valence electrons. The molecule has 0 fully saturated rings. The highest BCUT2D eigenvalue weighted by atomic mass is 79.9. The zero-order valence-electron chi connectivity index (χ0n) is 5.87. The first-order valence-electron chi connectivity index (χ1n) is 2.92. The Morgan fingerprint density at radius 3 is 3.00 bits per heavy atom. The molecule has 0 aromatic carbocycles. The molecule has 0 aliphatic carbocycles. The number of carbonyl (C=O) groups is 1. The van der Waals surface area contributed by atoms with Crippen molar-refractivity contribution >= 4 is 22.2 Å².